The predicted octanol–water partition coefficient (Wildman–Crippen LogP) is 0.317. The van der Waals surface area contributed by atoms with Crippen molar-refractivity contribution < 1.29 is 0 Å². The maximum Gasteiger partial charge on any atom is 0.166 e. The lowest BCUT2D eigenvalue weighted by Gasteiger charge is -2.39. The fourth-order valence-corrected chi connectivity index (χ4v) is 1.89. The molecule has 2 rings (SSSR count). The van der Waals surface area contributed by atoms with E-state index in [1.54, 1.807) is 0 Å². The molecule has 1 aliphatic carbocycles. The molecule has 0 aromatic carbocycles. The van der Waals surface area contributed by atoms with E-state index in [1.165, 1.54) is 12.8 Å². The van der Waals surface area contributed by atoms with Gasteiger partial charge >= 0.3 is 0 Å². The van der Waals surface area contributed by atoms with E-state index in [2.05, 4.69) is 22.5 Å². The van der Waals surface area contributed by atoms with Gasteiger partial charge in [-0.2, -0.15) is 0 Å². The molecule has 4 heteroatoms. The molecule has 2 fully saturated rings. The molecular formula is C9H17N3S. The van der Waals surface area contributed by atoms with Crippen LogP contribution in [-0.2, 0) is 0 Å². The van der Waals surface area contributed by atoms with Crippen LogP contribution in [0, 0.1) is 0 Å². The smallest absolute Gasteiger partial charge is 0.166 e. The standard InChI is InChI=1S/C9H17N3S/c1-2-12-5-8(6-12)11-9(13)10-7-3-4-7/h7-8H,2-6H2,1H3,(H2,10,11,13). The fourth-order valence-electron chi connectivity index (χ4n) is 1.56. The lowest BCUT2D eigenvalue weighted by Crippen LogP contribution is -2.60. The molecule has 0 unspecified atom stereocenters. The minimum atomic E-state index is 0.582. The second kappa shape index (κ2) is 3.80. The zero-order chi connectivity index (χ0) is 9.26. The zero-order valence-electron chi connectivity index (χ0n) is 8.05. The number of nitrogens with one attached hydrogen (secondary N) is 2. The van der Waals surface area contributed by atoms with Crippen molar-refractivity contribution in [3.63, 3.8) is 0 Å². The number of nitrogens with zero attached hydrogens (tertiary/aromatic N) is 1. The van der Waals surface area contributed by atoms with Crippen LogP contribution in [0.2, 0.25) is 0 Å². The summed E-state index contributed by atoms with van der Waals surface area (Å²) in [5.41, 5.74) is 0. The zero-order valence-corrected chi connectivity index (χ0v) is 8.86. The third-order valence-corrected chi connectivity index (χ3v) is 2.89. The monoisotopic (exact) mass is 199 g/mol. The third kappa shape index (κ3) is 2.54. The van der Waals surface area contributed by atoms with E-state index in [4.69, 9.17) is 12.2 Å². The Morgan fingerprint density at radius 2 is 1.92 bits per heavy atom. The van der Waals surface area contributed by atoms with E-state index >= 15 is 0 Å². The molecule has 3 nitrogen and oxygen atoms in total. The summed E-state index contributed by atoms with van der Waals surface area (Å²) in [7, 11) is 0. The van der Waals surface area contributed by atoms with Gasteiger partial charge in [0.05, 0.1) is 6.04 Å². The van der Waals surface area contributed by atoms with Gasteiger partial charge in [-0.25, -0.2) is 0 Å². The van der Waals surface area contributed by atoms with E-state index in [9.17, 15) is 0 Å². The van der Waals surface area contributed by atoms with Crippen molar-refractivity contribution >= 4 is 17.3 Å². The van der Waals surface area contributed by atoms with Crippen molar-refractivity contribution in [3.05, 3.63) is 0 Å². The summed E-state index contributed by atoms with van der Waals surface area (Å²) in [5.74, 6) is 0. The van der Waals surface area contributed by atoms with Gasteiger partial charge in [0.1, 0.15) is 0 Å². The Morgan fingerprint density at radius 3 is 2.46 bits per heavy atom. The first-order valence-electron chi connectivity index (χ1n) is 5.07. The van der Waals surface area contributed by atoms with Crippen LogP contribution in [0.3, 0.4) is 0 Å². The summed E-state index contributed by atoms with van der Waals surface area (Å²) < 4.78 is 0. The number of rotatable bonds is 3. The van der Waals surface area contributed by atoms with Crippen LogP contribution in [-0.4, -0.2) is 41.7 Å². The summed E-state index contributed by atoms with van der Waals surface area (Å²) in [6.07, 6.45) is 2.57. The van der Waals surface area contributed by atoms with E-state index in [0.29, 0.717) is 12.1 Å². The van der Waals surface area contributed by atoms with Crippen molar-refractivity contribution in [1.82, 2.24) is 15.5 Å². The Morgan fingerprint density at radius 1 is 1.31 bits per heavy atom. The summed E-state index contributed by atoms with van der Waals surface area (Å²) in [6, 6.07) is 1.25. The molecule has 0 amide bonds. The van der Waals surface area contributed by atoms with Crippen LogP contribution in [0.4, 0.5) is 0 Å². The topological polar surface area (TPSA) is 27.3 Å². The lowest BCUT2D eigenvalue weighted by atomic mass is 10.1. The first-order valence-corrected chi connectivity index (χ1v) is 5.48. The van der Waals surface area contributed by atoms with Crippen LogP contribution in [0.5, 0.6) is 0 Å². The highest BCUT2D eigenvalue weighted by Gasteiger charge is 2.27. The van der Waals surface area contributed by atoms with E-state index in [-0.39, 0.29) is 0 Å². The van der Waals surface area contributed by atoms with Gasteiger partial charge in [-0.15, -0.1) is 0 Å². The molecule has 0 aromatic rings. The molecule has 0 spiro atoms. The maximum absolute atomic E-state index is 5.18. The van der Waals surface area contributed by atoms with Gasteiger partial charge in [0, 0.05) is 19.1 Å². The van der Waals surface area contributed by atoms with Crippen molar-refractivity contribution in [2.75, 3.05) is 19.6 Å². The molecule has 1 saturated heterocycles. The highest BCUT2D eigenvalue weighted by Crippen LogP contribution is 2.18. The summed E-state index contributed by atoms with van der Waals surface area (Å²) in [5, 5.41) is 7.47. The van der Waals surface area contributed by atoms with Gasteiger partial charge in [-0.05, 0) is 31.6 Å². The van der Waals surface area contributed by atoms with Crippen LogP contribution in [0.15, 0.2) is 0 Å². The number of hydrogen-bond acceptors (Lipinski definition) is 2. The molecule has 1 aliphatic heterocycles. The Hall–Kier alpha value is -0.350. The number of likely N-dealkylation sites (tertiary alicyclic amines) is 1. The summed E-state index contributed by atoms with van der Waals surface area (Å²) >= 11 is 5.18. The Kier molecular flexibility index (Phi) is 2.69. The Labute approximate surface area is 84.9 Å². The number of likely N-dealkylation sites (N-methyl/N-ethyl adjacent to an activating group) is 1. The average Bonchev–Trinajstić information content (AvgIpc) is 2.79. The van der Waals surface area contributed by atoms with E-state index < -0.39 is 0 Å². The van der Waals surface area contributed by atoms with E-state index in [0.717, 1.165) is 24.7 Å². The van der Waals surface area contributed by atoms with Gasteiger partial charge in [-0.1, -0.05) is 6.92 Å². The number of hydrogen-bond donors (Lipinski definition) is 2. The van der Waals surface area contributed by atoms with Gasteiger partial charge in [-0.3, -0.25) is 4.90 Å². The summed E-state index contributed by atoms with van der Waals surface area (Å²) in [4.78, 5) is 2.40. The second-order valence-corrected chi connectivity index (χ2v) is 4.35. The molecule has 0 atom stereocenters. The van der Waals surface area contributed by atoms with Crippen LogP contribution in [0.1, 0.15) is 19.8 Å². The van der Waals surface area contributed by atoms with Gasteiger partial charge in [0.25, 0.3) is 0 Å². The minimum absolute atomic E-state index is 0.582. The van der Waals surface area contributed by atoms with E-state index in [1.807, 2.05) is 0 Å². The normalized spacial score (nSPS) is 23.8. The van der Waals surface area contributed by atoms with Crippen molar-refractivity contribution in [2.24, 2.45) is 0 Å². The molecule has 1 heterocycles. The quantitative estimate of drug-likeness (QED) is 0.640. The maximum atomic E-state index is 5.18. The lowest BCUT2D eigenvalue weighted by molar-refractivity contribution is 0.147. The van der Waals surface area contributed by atoms with Crippen LogP contribution in [0.25, 0.3) is 0 Å². The van der Waals surface area contributed by atoms with Crippen LogP contribution < -0.4 is 10.6 Å². The molecule has 0 aromatic heterocycles. The molecule has 2 N–H and O–H groups in total. The average molecular weight is 199 g/mol. The molecule has 2 aliphatic rings. The minimum Gasteiger partial charge on any atom is -0.360 e. The molecule has 0 radical (unpaired) electrons. The molecular weight excluding hydrogens is 182 g/mol. The first-order chi connectivity index (χ1) is 6.28. The largest absolute Gasteiger partial charge is 0.360 e. The van der Waals surface area contributed by atoms with Crippen molar-refractivity contribution in [1.29, 1.82) is 0 Å². The van der Waals surface area contributed by atoms with Crippen molar-refractivity contribution in [2.45, 2.75) is 31.8 Å². The Bertz CT molecular complexity index is 197. The second-order valence-electron chi connectivity index (χ2n) is 3.94. The fraction of sp³-hybridized carbons (Fsp3) is 0.889. The van der Waals surface area contributed by atoms with Gasteiger partial charge in [0.15, 0.2) is 5.11 Å². The first kappa shape index (κ1) is 9.21. The predicted molar refractivity (Wildman–Crippen MR) is 57.8 cm³/mol. The SMILES string of the molecule is CCN1CC(NC(=S)NC2CC2)C1. The molecule has 0 bridgehead atoms. The van der Waals surface area contributed by atoms with Crippen molar-refractivity contribution in [3.8, 4) is 0 Å². The summed E-state index contributed by atoms with van der Waals surface area (Å²) in [6.45, 7) is 5.63. The number of thiocarbonyl (C=S) groups is 1. The third-order valence-electron chi connectivity index (χ3n) is 2.65. The van der Waals surface area contributed by atoms with Gasteiger partial charge in [0.2, 0.25) is 0 Å². The van der Waals surface area contributed by atoms with Crippen LogP contribution >= 0.6 is 12.2 Å². The highest BCUT2D eigenvalue weighted by molar-refractivity contribution is 7.80. The Balaban J connectivity index is 1.59. The molecule has 74 valence electrons. The highest BCUT2D eigenvalue weighted by atomic mass is 32.1. The molecule has 13 heavy (non-hydrogen) atoms. The molecule has 1 saturated carbocycles. The van der Waals surface area contributed by atoms with Gasteiger partial charge < -0.3 is 10.6 Å².